The number of aryl methyl sites for hydroxylation is 1. The van der Waals surface area contributed by atoms with Crippen molar-refractivity contribution in [2.75, 3.05) is 40.4 Å². The van der Waals surface area contributed by atoms with E-state index in [0.717, 1.165) is 32.6 Å². The van der Waals surface area contributed by atoms with Gasteiger partial charge in [-0.1, -0.05) is 6.07 Å². The van der Waals surface area contributed by atoms with E-state index >= 15 is 0 Å². The number of ether oxygens (including phenoxy) is 2. The molecule has 2 aromatic rings. The van der Waals surface area contributed by atoms with Gasteiger partial charge in [0.25, 0.3) is 5.91 Å². The molecule has 1 amide bonds. The molecule has 0 atom stereocenters. The summed E-state index contributed by atoms with van der Waals surface area (Å²) in [5, 5.41) is 14.3. The monoisotopic (exact) mass is 388 g/mol. The molecule has 1 aliphatic heterocycles. The van der Waals surface area contributed by atoms with Crippen LogP contribution in [0.4, 0.5) is 0 Å². The van der Waals surface area contributed by atoms with Crippen molar-refractivity contribution < 1.29 is 14.3 Å². The molecule has 0 spiro atoms. The van der Waals surface area contributed by atoms with E-state index in [0.29, 0.717) is 23.7 Å². The number of nitrogens with one attached hydrogen (secondary N) is 1. The normalized spacial score (nSPS) is 16.1. The fourth-order valence-electron chi connectivity index (χ4n) is 3.48. The molecule has 0 unspecified atom stereocenters. The number of rotatable bonds is 8. The van der Waals surface area contributed by atoms with Crippen molar-refractivity contribution in [2.45, 2.75) is 19.4 Å². The third-order valence-corrected chi connectivity index (χ3v) is 5.00. The van der Waals surface area contributed by atoms with E-state index in [1.54, 1.807) is 23.9 Å². The van der Waals surface area contributed by atoms with Crippen molar-refractivity contribution in [3.8, 4) is 5.75 Å². The smallest absolute Gasteiger partial charge is 0.251 e. The number of hydrogen-bond donors (Lipinski definition) is 1. The van der Waals surface area contributed by atoms with Gasteiger partial charge >= 0.3 is 0 Å². The Balaban J connectivity index is 1.59. The SMILES string of the molecule is CN(C)CC1(CNC(=O)c2cccc(OCc3nnnn3C)c2)CCOCC1. The minimum Gasteiger partial charge on any atom is -0.486 e. The fraction of sp³-hybridized carbons (Fsp3) is 0.579. The lowest BCUT2D eigenvalue weighted by Crippen LogP contribution is -2.47. The molecule has 0 bridgehead atoms. The van der Waals surface area contributed by atoms with Crippen LogP contribution < -0.4 is 10.1 Å². The molecule has 28 heavy (non-hydrogen) atoms. The molecular weight excluding hydrogens is 360 g/mol. The Bertz CT molecular complexity index is 785. The molecule has 3 rings (SSSR count). The Morgan fingerprint density at radius 3 is 2.82 bits per heavy atom. The molecule has 2 heterocycles. The zero-order valence-electron chi connectivity index (χ0n) is 16.7. The van der Waals surface area contributed by atoms with E-state index in [4.69, 9.17) is 9.47 Å². The molecule has 1 fully saturated rings. The molecule has 0 radical (unpaired) electrons. The van der Waals surface area contributed by atoms with Crippen LogP contribution >= 0.6 is 0 Å². The first-order chi connectivity index (χ1) is 13.5. The first kappa shape index (κ1) is 20.2. The fourth-order valence-corrected chi connectivity index (χ4v) is 3.48. The van der Waals surface area contributed by atoms with Gasteiger partial charge in [-0.3, -0.25) is 4.79 Å². The summed E-state index contributed by atoms with van der Waals surface area (Å²) in [6.07, 6.45) is 1.89. The Hall–Kier alpha value is -2.52. The van der Waals surface area contributed by atoms with Crippen LogP contribution in [0, 0.1) is 5.41 Å². The average Bonchev–Trinajstić information content (AvgIpc) is 3.10. The molecule has 1 aromatic carbocycles. The van der Waals surface area contributed by atoms with Gasteiger partial charge in [0.15, 0.2) is 5.82 Å². The highest BCUT2D eigenvalue weighted by molar-refractivity contribution is 5.94. The zero-order chi connectivity index (χ0) is 20.0. The minimum absolute atomic E-state index is 0.0454. The van der Waals surface area contributed by atoms with Crippen molar-refractivity contribution in [2.24, 2.45) is 12.5 Å². The van der Waals surface area contributed by atoms with Gasteiger partial charge in [-0.2, -0.15) is 0 Å². The van der Waals surface area contributed by atoms with Gasteiger partial charge in [0.05, 0.1) is 0 Å². The number of benzene rings is 1. The third kappa shape index (κ3) is 5.26. The van der Waals surface area contributed by atoms with Crippen molar-refractivity contribution in [3.05, 3.63) is 35.7 Å². The van der Waals surface area contributed by atoms with Crippen LogP contribution in [0.25, 0.3) is 0 Å². The molecule has 1 aromatic heterocycles. The first-order valence-corrected chi connectivity index (χ1v) is 9.42. The number of nitrogens with zero attached hydrogens (tertiary/aromatic N) is 5. The summed E-state index contributed by atoms with van der Waals surface area (Å²) in [5.41, 5.74) is 0.615. The standard InChI is InChI=1S/C19H28N6O3/c1-24(2)14-19(7-9-27-10-8-19)13-20-18(26)15-5-4-6-16(11-15)28-12-17-21-22-23-25(17)3/h4-6,11H,7-10,12-14H2,1-3H3,(H,20,26). The highest BCUT2D eigenvalue weighted by Crippen LogP contribution is 2.30. The second kappa shape index (κ2) is 9.11. The Morgan fingerprint density at radius 1 is 1.36 bits per heavy atom. The van der Waals surface area contributed by atoms with Crippen LogP contribution in [0.15, 0.2) is 24.3 Å². The molecule has 1 N–H and O–H groups in total. The average molecular weight is 388 g/mol. The van der Waals surface area contributed by atoms with Gasteiger partial charge in [0, 0.05) is 44.3 Å². The maximum absolute atomic E-state index is 12.7. The van der Waals surface area contributed by atoms with Crippen LogP contribution in [0.1, 0.15) is 29.0 Å². The van der Waals surface area contributed by atoms with Gasteiger partial charge in [-0.15, -0.1) is 5.10 Å². The van der Waals surface area contributed by atoms with Crippen LogP contribution in [0.2, 0.25) is 0 Å². The Morgan fingerprint density at radius 2 is 2.14 bits per heavy atom. The van der Waals surface area contributed by atoms with Crippen LogP contribution in [0.5, 0.6) is 5.75 Å². The zero-order valence-corrected chi connectivity index (χ0v) is 16.7. The van der Waals surface area contributed by atoms with Gasteiger partial charge in [-0.05, 0) is 55.6 Å². The van der Waals surface area contributed by atoms with Crippen LogP contribution in [0.3, 0.4) is 0 Å². The Kier molecular flexibility index (Phi) is 6.58. The third-order valence-electron chi connectivity index (χ3n) is 5.00. The van der Waals surface area contributed by atoms with Crippen molar-refractivity contribution in [3.63, 3.8) is 0 Å². The quantitative estimate of drug-likeness (QED) is 0.717. The maximum atomic E-state index is 12.7. The second-order valence-electron chi connectivity index (χ2n) is 7.57. The van der Waals surface area contributed by atoms with Crippen LogP contribution in [-0.4, -0.2) is 71.4 Å². The van der Waals surface area contributed by atoms with E-state index in [9.17, 15) is 4.79 Å². The Labute approximate surface area is 165 Å². The van der Waals surface area contributed by atoms with Crippen molar-refractivity contribution >= 4 is 5.91 Å². The maximum Gasteiger partial charge on any atom is 0.251 e. The van der Waals surface area contributed by atoms with E-state index < -0.39 is 0 Å². The lowest BCUT2D eigenvalue weighted by atomic mass is 9.79. The van der Waals surface area contributed by atoms with Crippen molar-refractivity contribution in [1.82, 2.24) is 30.4 Å². The summed E-state index contributed by atoms with van der Waals surface area (Å²) in [7, 11) is 5.88. The number of amides is 1. The van der Waals surface area contributed by atoms with E-state index in [2.05, 4.69) is 39.8 Å². The molecule has 0 aliphatic carbocycles. The van der Waals surface area contributed by atoms with Gasteiger partial charge in [0.2, 0.25) is 0 Å². The van der Waals surface area contributed by atoms with Crippen molar-refractivity contribution in [1.29, 1.82) is 0 Å². The largest absolute Gasteiger partial charge is 0.486 e. The van der Waals surface area contributed by atoms with E-state index in [1.165, 1.54) is 0 Å². The van der Waals surface area contributed by atoms with E-state index in [1.807, 2.05) is 12.1 Å². The molecular formula is C19H28N6O3. The van der Waals surface area contributed by atoms with Crippen LogP contribution in [-0.2, 0) is 18.4 Å². The minimum atomic E-state index is -0.101. The molecule has 0 saturated carbocycles. The van der Waals surface area contributed by atoms with Gasteiger partial charge in [-0.25, -0.2) is 4.68 Å². The number of carbonyl (C=O) groups is 1. The highest BCUT2D eigenvalue weighted by atomic mass is 16.5. The summed E-state index contributed by atoms with van der Waals surface area (Å²) >= 11 is 0. The summed E-state index contributed by atoms with van der Waals surface area (Å²) in [5.74, 6) is 1.11. The summed E-state index contributed by atoms with van der Waals surface area (Å²) in [6, 6.07) is 7.15. The molecule has 1 saturated heterocycles. The summed E-state index contributed by atoms with van der Waals surface area (Å²) in [6.45, 7) is 3.27. The van der Waals surface area contributed by atoms with E-state index in [-0.39, 0.29) is 17.9 Å². The number of tetrazole rings is 1. The lowest BCUT2D eigenvalue weighted by molar-refractivity contribution is 0.00285. The summed E-state index contributed by atoms with van der Waals surface area (Å²) < 4.78 is 12.8. The van der Waals surface area contributed by atoms with Gasteiger partial charge < -0.3 is 19.7 Å². The topological polar surface area (TPSA) is 94.4 Å². The molecule has 152 valence electrons. The number of hydrogen-bond acceptors (Lipinski definition) is 7. The van der Waals surface area contributed by atoms with Gasteiger partial charge in [0.1, 0.15) is 12.4 Å². The first-order valence-electron chi connectivity index (χ1n) is 9.42. The lowest BCUT2D eigenvalue weighted by Gasteiger charge is -2.39. The number of aromatic nitrogens is 4. The number of carbonyl (C=O) groups excluding carboxylic acids is 1. The predicted octanol–water partition coefficient (Wildman–Crippen LogP) is 0.877. The summed E-state index contributed by atoms with van der Waals surface area (Å²) in [4.78, 5) is 14.9. The molecule has 9 nitrogen and oxygen atoms in total. The highest BCUT2D eigenvalue weighted by Gasteiger charge is 2.33. The molecule has 9 heteroatoms. The molecule has 1 aliphatic rings. The second-order valence-corrected chi connectivity index (χ2v) is 7.57. The predicted molar refractivity (Wildman–Crippen MR) is 103 cm³/mol.